The van der Waals surface area contributed by atoms with Crippen LogP contribution in [0.3, 0.4) is 0 Å². The highest BCUT2D eigenvalue weighted by Gasteiger charge is 2.28. The zero-order valence-corrected chi connectivity index (χ0v) is 11.7. The van der Waals surface area contributed by atoms with Gasteiger partial charge in [0.25, 0.3) is 0 Å². The molecule has 4 heteroatoms. The second-order valence-electron chi connectivity index (χ2n) is 4.47. The van der Waals surface area contributed by atoms with Crippen LogP contribution in [-0.2, 0) is 9.84 Å². The summed E-state index contributed by atoms with van der Waals surface area (Å²) in [6.07, 6.45) is 5.18. The van der Waals surface area contributed by atoms with E-state index in [9.17, 15) is 8.42 Å². The molecule has 2 unspecified atom stereocenters. The minimum absolute atomic E-state index is 0.193. The molecule has 0 aliphatic carbocycles. The molecule has 0 aliphatic rings. The molecule has 0 aromatic carbocycles. The van der Waals surface area contributed by atoms with Crippen molar-refractivity contribution in [2.45, 2.75) is 70.6 Å². The number of rotatable bonds is 9. The van der Waals surface area contributed by atoms with Gasteiger partial charge in [0.05, 0.1) is 11.0 Å². The van der Waals surface area contributed by atoms with E-state index in [1.807, 2.05) is 13.8 Å². The molecule has 16 heavy (non-hydrogen) atoms. The van der Waals surface area contributed by atoms with E-state index in [1.165, 1.54) is 0 Å². The molecule has 0 aromatic heterocycles. The molecule has 0 spiro atoms. The maximum absolute atomic E-state index is 12.1. The van der Waals surface area contributed by atoms with E-state index in [0.29, 0.717) is 12.2 Å². The summed E-state index contributed by atoms with van der Waals surface area (Å²) >= 11 is 0. The Morgan fingerprint density at radius 3 is 2.12 bits per heavy atom. The summed E-state index contributed by atoms with van der Waals surface area (Å²) in [5.41, 5.74) is 5.95. The number of unbranched alkanes of at least 4 members (excludes halogenated alkanes) is 2. The van der Waals surface area contributed by atoms with Crippen LogP contribution in [0.4, 0.5) is 0 Å². The molecule has 0 amide bonds. The smallest absolute Gasteiger partial charge is 0.154 e. The van der Waals surface area contributed by atoms with E-state index in [4.69, 9.17) is 5.73 Å². The van der Waals surface area contributed by atoms with Crippen molar-refractivity contribution in [1.29, 1.82) is 0 Å². The average Bonchev–Trinajstić information content (AvgIpc) is 2.18. The summed E-state index contributed by atoms with van der Waals surface area (Å²) in [4.78, 5) is 0. The van der Waals surface area contributed by atoms with Gasteiger partial charge < -0.3 is 5.73 Å². The van der Waals surface area contributed by atoms with Gasteiger partial charge in [-0.25, -0.2) is 8.42 Å². The molecule has 0 fully saturated rings. The Balaban J connectivity index is 4.42. The Morgan fingerprint density at radius 1 is 1.06 bits per heavy atom. The third kappa shape index (κ3) is 5.30. The minimum Gasteiger partial charge on any atom is -0.327 e. The van der Waals surface area contributed by atoms with Gasteiger partial charge in [0.2, 0.25) is 0 Å². The van der Waals surface area contributed by atoms with Gasteiger partial charge in [0.15, 0.2) is 9.84 Å². The molecule has 98 valence electrons. The van der Waals surface area contributed by atoms with Crippen molar-refractivity contribution >= 4 is 9.84 Å². The minimum atomic E-state index is -2.99. The van der Waals surface area contributed by atoms with Crippen molar-refractivity contribution in [3.8, 4) is 0 Å². The number of hydrogen-bond donors (Lipinski definition) is 1. The van der Waals surface area contributed by atoms with Gasteiger partial charge in [-0.3, -0.25) is 0 Å². The zero-order chi connectivity index (χ0) is 12.6. The lowest BCUT2D eigenvalue weighted by atomic mass is 10.1. The third-order valence-electron chi connectivity index (χ3n) is 3.00. The molecule has 2 N–H and O–H groups in total. The molecule has 0 saturated carbocycles. The largest absolute Gasteiger partial charge is 0.327 e. The van der Waals surface area contributed by atoms with Crippen LogP contribution in [0, 0.1) is 0 Å². The molecular weight excluding hydrogens is 222 g/mol. The Hall–Kier alpha value is -0.0900. The second kappa shape index (κ2) is 8.07. The summed E-state index contributed by atoms with van der Waals surface area (Å²) < 4.78 is 24.1. The first-order valence-electron chi connectivity index (χ1n) is 6.46. The van der Waals surface area contributed by atoms with Crippen LogP contribution >= 0.6 is 0 Å². The standard InChI is InChI=1S/C12H27NO2S/c1-4-7-8-10-16(14,15)12(6-3)11(13)9-5-2/h11-12H,4-10,13H2,1-3H3. The monoisotopic (exact) mass is 249 g/mol. The highest BCUT2D eigenvalue weighted by atomic mass is 32.2. The van der Waals surface area contributed by atoms with Crippen molar-refractivity contribution in [3.05, 3.63) is 0 Å². The van der Waals surface area contributed by atoms with Gasteiger partial charge in [0.1, 0.15) is 0 Å². The summed E-state index contributed by atoms with van der Waals surface area (Å²) in [7, 11) is -2.99. The van der Waals surface area contributed by atoms with Crippen LogP contribution in [-0.4, -0.2) is 25.5 Å². The van der Waals surface area contributed by atoms with Crippen LogP contribution in [0.15, 0.2) is 0 Å². The van der Waals surface area contributed by atoms with Crippen molar-refractivity contribution < 1.29 is 8.42 Å². The van der Waals surface area contributed by atoms with Crippen LogP contribution in [0.1, 0.15) is 59.3 Å². The summed E-state index contributed by atoms with van der Waals surface area (Å²) in [6.45, 7) is 6.03. The average molecular weight is 249 g/mol. The molecule has 2 atom stereocenters. The van der Waals surface area contributed by atoms with Gasteiger partial charge >= 0.3 is 0 Å². The summed E-state index contributed by atoms with van der Waals surface area (Å²) in [5, 5.41) is -0.343. The molecule has 0 radical (unpaired) electrons. The maximum Gasteiger partial charge on any atom is 0.154 e. The Kier molecular flexibility index (Phi) is 8.02. The van der Waals surface area contributed by atoms with E-state index in [1.54, 1.807) is 0 Å². The first-order valence-corrected chi connectivity index (χ1v) is 8.18. The van der Waals surface area contributed by atoms with Crippen LogP contribution in [0.25, 0.3) is 0 Å². The zero-order valence-electron chi connectivity index (χ0n) is 10.9. The van der Waals surface area contributed by atoms with Gasteiger partial charge in [-0.1, -0.05) is 40.0 Å². The topological polar surface area (TPSA) is 60.2 Å². The lowest BCUT2D eigenvalue weighted by Gasteiger charge is -2.22. The fourth-order valence-corrected chi connectivity index (χ4v) is 4.13. The number of hydrogen-bond acceptors (Lipinski definition) is 3. The Labute approximate surface area is 101 Å². The van der Waals surface area contributed by atoms with Gasteiger partial charge in [-0.15, -0.1) is 0 Å². The third-order valence-corrected chi connectivity index (χ3v) is 5.46. The van der Waals surface area contributed by atoms with Crippen LogP contribution in [0.2, 0.25) is 0 Å². The highest BCUT2D eigenvalue weighted by Crippen LogP contribution is 2.15. The van der Waals surface area contributed by atoms with Crippen molar-refractivity contribution in [3.63, 3.8) is 0 Å². The molecule has 0 rings (SSSR count). The molecule has 0 heterocycles. The summed E-state index contributed by atoms with van der Waals surface area (Å²) in [6, 6.07) is -0.193. The fraction of sp³-hybridized carbons (Fsp3) is 1.00. The first-order chi connectivity index (χ1) is 7.49. The number of nitrogens with two attached hydrogens (primary N) is 1. The molecule has 0 saturated heterocycles. The van der Waals surface area contributed by atoms with Crippen LogP contribution in [0.5, 0.6) is 0 Å². The SMILES string of the molecule is CCCCCS(=O)(=O)C(CC)C(N)CCC. The highest BCUT2D eigenvalue weighted by molar-refractivity contribution is 7.92. The Morgan fingerprint density at radius 2 is 1.69 bits per heavy atom. The van der Waals surface area contributed by atoms with Crippen molar-refractivity contribution in [2.75, 3.05) is 5.75 Å². The van der Waals surface area contributed by atoms with E-state index >= 15 is 0 Å². The lowest BCUT2D eigenvalue weighted by molar-refractivity contribution is 0.514. The van der Waals surface area contributed by atoms with Crippen LogP contribution < -0.4 is 5.73 Å². The fourth-order valence-electron chi connectivity index (χ4n) is 2.05. The normalized spacial score (nSPS) is 16.0. The van der Waals surface area contributed by atoms with E-state index in [0.717, 1.165) is 32.1 Å². The quantitative estimate of drug-likeness (QED) is 0.639. The lowest BCUT2D eigenvalue weighted by Crippen LogP contribution is -2.41. The van der Waals surface area contributed by atoms with Gasteiger partial charge in [-0.05, 0) is 19.3 Å². The molecular formula is C12H27NO2S. The van der Waals surface area contributed by atoms with E-state index < -0.39 is 9.84 Å². The molecule has 0 aliphatic heterocycles. The second-order valence-corrected chi connectivity index (χ2v) is 6.81. The van der Waals surface area contributed by atoms with E-state index in [2.05, 4.69) is 6.92 Å². The van der Waals surface area contributed by atoms with Crippen molar-refractivity contribution in [1.82, 2.24) is 0 Å². The van der Waals surface area contributed by atoms with E-state index in [-0.39, 0.29) is 11.3 Å². The molecule has 0 bridgehead atoms. The maximum atomic E-state index is 12.1. The molecule has 3 nitrogen and oxygen atoms in total. The number of sulfone groups is 1. The predicted octanol–water partition coefficient (Wildman–Crippen LogP) is 2.50. The molecule has 0 aromatic rings. The van der Waals surface area contributed by atoms with Crippen molar-refractivity contribution in [2.24, 2.45) is 5.73 Å². The predicted molar refractivity (Wildman–Crippen MR) is 70.3 cm³/mol. The first kappa shape index (κ1) is 15.9. The Bertz CT molecular complexity index is 262. The summed E-state index contributed by atoms with van der Waals surface area (Å²) in [5.74, 6) is 0.302. The van der Waals surface area contributed by atoms with Gasteiger partial charge in [0, 0.05) is 6.04 Å². The van der Waals surface area contributed by atoms with Gasteiger partial charge in [-0.2, -0.15) is 0 Å².